The number of anilines is 1. The smallest absolute Gasteiger partial charge is 0.412 e. The van der Waals surface area contributed by atoms with E-state index in [2.05, 4.69) is 22.4 Å². The number of amides is 2. The first-order chi connectivity index (χ1) is 10.5. The number of ether oxygens (including phenoxy) is 1. The quantitative estimate of drug-likeness (QED) is 0.839. The third kappa shape index (κ3) is 3.94. The highest BCUT2D eigenvalue weighted by molar-refractivity contribution is 6.06. The lowest BCUT2D eigenvalue weighted by Crippen LogP contribution is -2.31. The Morgan fingerprint density at radius 3 is 2.77 bits per heavy atom. The number of carbonyl (C=O) groups is 2. The third-order valence-corrected chi connectivity index (χ3v) is 3.31. The van der Waals surface area contributed by atoms with Crippen LogP contribution in [0.15, 0.2) is 42.0 Å². The number of hydrogen-bond donors (Lipinski definition) is 2. The van der Waals surface area contributed by atoms with Crippen molar-refractivity contribution in [1.82, 2.24) is 5.43 Å². The molecule has 1 aromatic carbocycles. The van der Waals surface area contributed by atoms with Crippen molar-refractivity contribution in [3.8, 4) is 0 Å². The average Bonchev–Trinajstić information content (AvgIpc) is 2.48. The van der Waals surface area contributed by atoms with E-state index in [1.807, 2.05) is 19.1 Å². The topological polar surface area (TPSA) is 79.8 Å². The molecule has 0 aliphatic carbocycles. The molecule has 0 spiro atoms. The molecule has 0 saturated heterocycles. The normalized spacial score (nSPS) is 18.7. The second-order valence-corrected chi connectivity index (χ2v) is 5.19. The summed E-state index contributed by atoms with van der Waals surface area (Å²) in [6.45, 7) is 7.23. The van der Waals surface area contributed by atoms with Crippen LogP contribution in [0.5, 0.6) is 0 Å². The van der Waals surface area contributed by atoms with Crippen LogP contribution < -0.4 is 10.7 Å². The van der Waals surface area contributed by atoms with Gasteiger partial charge in [-0.1, -0.05) is 31.7 Å². The van der Waals surface area contributed by atoms with Crippen LogP contribution in [0.4, 0.5) is 10.5 Å². The Kier molecular flexibility index (Phi) is 4.93. The van der Waals surface area contributed by atoms with Crippen LogP contribution in [0, 0.1) is 5.92 Å². The van der Waals surface area contributed by atoms with Crippen LogP contribution in [0.1, 0.15) is 25.8 Å². The molecule has 1 heterocycles. The Hall–Kier alpha value is -2.63. The molecule has 2 unspecified atom stereocenters. The largest absolute Gasteiger partial charge is 0.442 e. The minimum absolute atomic E-state index is 0.0611. The fourth-order valence-electron chi connectivity index (χ4n) is 2.09. The Labute approximate surface area is 129 Å². The van der Waals surface area contributed by atoms with E-state index in [4.69, 9.17) is 4.74 Å². The maximum atomic E-state index is 11.6. The molecule has 6 heteroatoms. The van der Waals surface area contributed by atoms with Crippen molar-refractivity contribution in [3.63, 3.8) is 0 Å². The number of hydrazone groups is 1. The van der Waals surface area contributed by atoms with Gasteiger partial charge in [0.15, 0.2) is 0 Å². The zero-order valence-electron chi connectivity index (χ0n) is 12.6. The van der Waals surface area contributed by atoms with Crippen molar-refractivity contribution in [3.05, 3.63) is 42.5 Å². The van der Waals surface area contributed by atoms with Gasteiger partial charge in [0.1, 0.15) is 6.10 Å². The van der Waals surface area contributed by atoms with Crippen LogP contribution in [0.3, 0.4) is 0 Å². The second kappa shape index (κ2) is 6.89. The van der Waals surface area contributed by atoms with Gasteiger partial charge in [0, 0.05) is 18.0 Å². The molecule has 2 N–H and O–H groups in total. The molecular weight excluding hydrogens is 282 g/mol. The van der Waals surface area contributed by atoms with E-state index in [0.717, 1.165) is 11.3 Å². The highest BCUT2D eigenvalue weighted by Gasteiger charge is 2.21. The highest BCUT2D eigenvalue weighted by atomic mass is 16.6. The van der Waals surface area contributed by atoms with Gasteiger partial charge < -0.3 is 4.74 Å². The van der Waals surface area contributed by atoms with Gasteiger partial charge in [-0.05, 0) is 24.6 Å². The fraction of sp³-hybridized carbons (Fsp3) is 0.312. The molecule has 0 saturated carbocycles. The number of nitrogens with zero attached hydrogens (tertiary/aromatic N) is 1. The Balaban J connectivity index is 2.03. The van der Waals surface area contributed by atoms with Gasteiger partial charge in [0.25, 0.3) is 0 Å². The molecule has 0 bridgehead atoms. The van der Waals surface area contributed by atoms with E-state index in [1.165, 1.54) is 0 Å². The molecule has 6 nitrogen and oxygen atoms in total. The van der Waals surface area contributed by atoms with E-state index in [-0.39, 0.29) is 17.9 Å². The lowest BCUT2D eigenvalue weighted by atomic mass is 9.94. The first-order valence-electron chi connectivity index (χ1n) is 7.06. The van der Waals surface area contributed by atoms with Gasteiger partial charge in [0.05, 0.1) is 5.71 Å². The lowest BCUT2D eigenvalue weighted by molar-refractivity contribution is -0.121. The first-order valence-corrected chi connectivity index (χ1v) is 7.06. The molecule has 116 valence electrons. The monoisotopic (exact) mass is 301 g/mol. The number of hydrogen-bond acceptors (Lipinski definition) is 4. The summed E-state index contributed by atoms with van der Waals surface area (Å²) < 4.78 is 5.04. The van der Waals surface area contributed by atoms with Crippen molar-refractivity contribution in [2.75, 3.05) is 5.32 Å². The van der Waals surface area contributed by atoms with Crippen LogP contribution >= 0.6 is 0 Å². The van der Waals surface area contributed by atoms with Crippen molar-refractivity contribution in [2.45, 2.75) is 26.4 Å². The standard InChI is InChI=1S/C16H19N3O3/c1-4-11(3)22-16(21)17-13-7-5-12(6-8-13)15-10(2)9-14(20)18-19-15/h4-8,10-11H,1,9H2,2-3H3,(H,17,21)(H,18,20). The summed E-state index contributed by atoms with van der Waals surface area (Å²) in [5.41, 5.74) is 4.84. The summed E-state index contributed by atoms with van der Waals surface area (Å²) in [4.78, 5) is 22.9. The molecule has 2 amide bonds. The van der Waals surface area contributed by atoms with Crippen LogP contribution in [-0.4, -0.2) is 23.8 Å². The fourth-order valence-corrected chi connectivity index (χ4v) is 2.09. The minimum Gasteiger partial charge on any atom is -0.442 e. The van der Waals surface area contributed by atoms with E-state index in [1.54, 1.807) is 25.1 Å². The van der Waals surface area contributed by atoms with Crippen molar-refractivity contribution >= 4 is 23.4 Å². The molecular formula is C16H19N3O3. The molecule has 2 atom stereocenters. The zero-order valence-corrected chi connectivity index (χ0v) is 12.6. The molecule has 0 aromatic heterocycles. The van der Waals surface area contributed by atoms with E-state index >= 15 is 0 Å². The molecule has 1 aliphatic heterocycles. The SMILES string of the molecule is C=CC(C)OC(=O)Nc1ccc(C2=NNC(=O)CC2C)cc1. The maximum Gasteiger partial charge on any atom is 0.412 e. The summed E-state index contributed by atoms with van der Waals surface area (Å²) in [7, 11) is 0. The van der Waals surface area contributed by atoms with E-state index in [9.17, 15) is 9.59 Å². The van der Waals surface area contributed by atoms with Gasteiger partial charge in [0.2, 0.25) is 5.91 Å². The van der Waals surface area contributed by atoms with E-state index in [0.29, 0.717) is 12.1 Å². The summed E-state index contributed by atoms with van der Waals surface area (Å²) in [5, 5.41) is 6.73. The summed E-state index contributed by atoms with van der Waals surface area (Å²) in [6.07, 6.45) is 1.08. The predicted molar refractivity (Wildman–Crippen MR) is 84.7 cm³/mol. The lowest BCUT2D eigenvalue weighted by Gasteiger charge is -2.19. The van der Waals surface area contributed by atoms with Gasteiger partial charge in [-0.3, -0.25) is 10.1 Å². The number of rotatable bonds is 4. The zero-order chi connectivity index (χ0) is 16.1. The number of benzene rings is 1. The van der Waals surface area contributed by atoms with Gasteiger partial charge in [-0.2, -0.15) is 5.10 Å². The number of nitrogens with one attached hydrogen (secondary N) is 2. The average molecular weight is 301 g/mol. The third-order valence-electron chi connectivity index (χ3n) is 3.31. The molecule has 2 rings (SSSR count). The maximum absolute atomic E-state index is 11.6. The van der Waals surface area contributed by atoms with Gasteiger partial charge >= 0.3 is 6.09 Å². The van der Waals surface area contributed by atoms with Crippen molar-refractivity contribution < 1.29 is 14.3 Å². The molecule has 1 aromatic rings. The van der Waals surface area contributed by atoms with Gasteiger partial charge in [-0.15, -0.1) is 0 Å². The molecule has 22 heavy (non-hydrogen) atoms. The van der Waals surface area contributed by atoms with Crippen LogP contribution in [0.25, 0.3) is 0 Å². The molecule has 0 radical (unpaired) electrons. The Morgan fingerprint density at radius 2 is 2.18 bits per heavy atom. The van der Waals surface area contributed by atoms with Crippen molar-refractivity contribution in [2.24, 2.45) is 11.0 Å². The minimum atomic E-state index is -0.532. The predicted octanol–water partition coefficient (Wildman–Crippen LogP) is 2.67. The summed E-state index contributed by atoms with van der Waals surface area (Å²) in [6, 6.07) is 7.22. The van der Waals surface area contributed by atoms with Crippen LogP contribution in [0.2, 0.25) is 0 Å². The summed E-state index contributed by atoms with van der Waals surface area (Å²) in [5.74, 6) is -0.0143. The van der Waals surface area contributed by atoms with E-state index < -0.39 is 6.09 Å². The number of carbonyl (C=O) groups excluding carboxylic acids is 2. The molecule has 1 aliphatic rings. The molecule has 0 fully saturated rings. The van der Waals surface area contributed by atoms with Crippen molar-refractivity contribution in [1.29, 1.82) is 0 Å². The Morgan fingerprint density at radius 1 is 1.50 bits per heavy atom. The first kappa shape index (κ1) is 15.8. The summed E-state index contributed by atoms with van der Waals surface area (Å²) >= 11 is 0. The highest BCUT2D eigenvalue weighted by Crippen LogP contribution is 2.18. The second-order valence-electron chi connectivity index (χ2n) is 5.19. The van der Waals surface area contributed by atoms with Crippen LogP contribution in [-0.2, 0) is 9.53 Å². The van der Waals surface area contributed by atoms with Gasteiger partial charge in [-0.25, -0.2) is 10.2 Å². The Bertz CT molecular complexity index is 608.